The summed E-state index contributed by atoms with van der Waals surface area (Å²) < 4.78 is 11.1. The molecule has 2 aromatic rings. The van der Waals surface area contributed by atoms with Crippen LogP contribution in [0.3, 0.4) is 0 Å². The molecule has 232 valence electrons. The molecule has 10 nitrogen and oxygen atoms in total. The Kier molecular flexibility index (Phi) is 9.87. The molecule has 0 saturated carbocycles. The topological polar surface area (TPSA) is 103 Å². The molecule has 10 heteroatoms. The molecule has 0 spiro atoms. The van der Waals surface area contributed by atoms with E-state index in [1.54, 1.807) is 4.90 Å². The summed E-state index contributed by atoms with van der Waals surface area (Å²) in [4.78, 5) is 47.7. The number of aliphatic carboxylic acids is 1. The van der Waals surface area contributed by atoms with Gasteiger partial charge in [0, 0.05) is 50.2 Å². The highest BCUT2D eigenvalue weighted by Gasteiger charge is 2.47. The van der Waals surface area contributed by atoms with Gasteiger partial charge in [0.25, 0.3) is 5.91 Å². The first-order valence-corrected chi connectivity index (χ1v) is 15.4. The van der Waals surface area contributed by atoms with Crippen molar-refractivity contribution in [2.75, 3.05) is 60.2 Å². The fourth-order valence-corrected chi connectivity index (χ4v) is 6.68. The van der Waals surface area contributed by atoms with Gasteiger partial charge in [0.05, 0.1) is 12.5 Å². The van der Waals surface area contributed by atoms with Crippen LogP contribution in [0.1, 0.15) is 60.0 Å². The fraction of sp³-hybridized carbons (Fsp3) is 0.545. The van der Waals surface area contributed by atoms with Crippen molar-refractivity contribution < 1.29 is 29.0 Å². The van der Waals surface area contributed by atoms with E-state index in [0.717, 1.165) is 36.9 Å². The van der Waals surface area contributed by atoms with Gasteiger partial charge in [0.2, 0.25) is 12.7 Å². The van der Waals surface area contributed by atoms with Gasteiger partial charge in [0.15, 0.2) is 11.5 Å². The van der Waals surface area contributed by atoms with Crippen molar-refractivity contribution in [3.05, 3.63) is 59.2 Å². The van der Waals surface area contributed by atoms with Gasteiger partial charge in [0.1, 0.15) is 0 Å². The summed E-state index contributed by atoms with van der Waals surface area (Å²) in [6.07, 6.45) is 3.25. The van der Waals surface area contributed by atoms with Crippen molar-refractivity contribution in [1.82, 2.24) is 19.6 Å². The molecular formula is C33H44N4O6. The van der Waals surface area contributed by atoms with Gasteiger partial charge in [-0.15, -0.1) is 0 Å². The van der Waals surface area contributed by atoms with Crippen molar-refractivity contribution in [3.8, 4) is 11.5 Å². The quantitative estimate of drug-likeness (QED) is 0.356. The van der Waals surface area contributed by atoms with E-state index in [2.05, 4.69) is 16.7 Å². The average Bonchev–Trinajstić information content (AvgIpc) is 3.68. The van der Waals surface area contributed by atoms with Crippen molar-refractivity contribution in [1.29, 1.82) is 0 Å². The molecule has 0 aliphatic carbocycles. The van der Waals surface area contributed by atoms with Gasteiger partial charge in [-0.1, -0.05) is 37.6 Å². The Morgan fingerprint density at radius 2 is 1.79 bits per heavy atom. The molecule has 0 bridgehead atoms. The van der Waals surface area contributed by atoms with Gasteiger partial charge >= 0.3 is 5.97 Å². The van der Waals surface area contributed by atoms with Crippen molar-refractivity contribution in [2.45, 2.75) is 51.1 Å². The molecular weight excluding hydrogens is 548 g/mol. The van der Waals surface area contributed by atoms with Crippen LogP contribution in [0.25, 0.3) is 0 Å². The van der Waals surface area contributed by atoms with Gasteiger partial charge < -0.3 is 29.3 Å². The molecule has 0 radical (unpaired) electrons. The third-order valence-electron chi connectivity index (χ3n) is 8.96. The third kappa shape index (κ3) is 6.96. The molecule has 3 aliphatic heterocycles. The Morgan fingerprint density at radius 3 is 2.53 bits per heavy atom. The largest absolute Gasteiger partial charge is 0.481 e. The number of benzene rings is 2. The van der Waals surface area contributed by atoms with E-state index in [-0.39, 0.29) is 31.1 Å². The third-order valence-corrected chi connectivity index (χ3v) is 8.96. The molecule has 3 heterocycles. The van der Waals surface area contributed by atoms with Crippen molar-refractivity contribution in [3.63, 3.8) is 0 Å². The Bertz CT molecular complexity index is 1320. The zero-order chi connectivity index (χ0) is 30.5. The van der Waals surface area contributed by atoms with Crippen LogP contribution in [0.4, 0.5) is 0 Å². The van der Waals surface area contributed by atoms with Crippen LogP contribution >= 0.6 is 0 Å². The maximum atomic E-state index is 13.8. The number of carboxylic acid groups (broad SMARTS) is 1. The monoisotopic (exact) mass is 592 g/mol. The number of hydrogen-bond donors (Lipinski definition) is 1. The highest BCUT2D eigenvalue weighted by atomic mass is 16.7. The molecule has 3 unspecified atom stereocenters. The maximum Gasteiger partial charge on any atom is 0.308 e. The minimum Gasteiger partial charge on any atom is -0.481 e. The Morgan fingerprint density at radius 1 is 1.02 bits per heavy atom. The number of fused-ring (bicyclic) bond motifs is 2. The van der Waals surface area contributed by atoms with Gasteiger partial charge in [-0.3, -0.25) is 19.3 Å². The lowest BCUT2D eigenvalue weighted by Gasteiger charge is -2.31. The second-order valence-electron chi connectivity index (χ2n) is 12.1. The number of nitrogens with zero attached hydrogens (tertiary/aromatic N) is 4. The van der Waals surface area contributed by atoms with E-state index >= 15 is 0 Å². The Hall–Kier alpha value is -3.63. The molecule has 3 atom stereocenters. The second-order valence-corrected chi connectivity index (χ2v) is 12.1. The number of rotatable bonds is 14. The van der Waals surface area contributed by atoms with Gasteiger partial charge in [-0.05, 0) is 69.2 Å². The van der Waals surface area contributed by atoms with Crippen molar-refractivity contribution >= 4 is 17.8 Å². The van der Waals surface area contributed by atoms with Crippen LogP contribution in [0.5, 0.6) is 11.5 Å². The van der Waals surface area contributed by atoms with Crippen LogP contribution < -0.4 is 9.47 Å². The maximum absolute atomic E-state index is 13.8. The number of amides is 2. The lowest BCUT2D eigenvalue weighted by atomic mass is 9.84. The first kappa shape index (κ1) is 30.8. The fourth-order valence-electron chi connectivity index (χ4n) is 6.68. The number of carbonyl (C=O) groups is 3. The van der Waals surface area contributed by atoms with E-state index in [4.69, 9.17) is 9.47 Å². The van der Waals surface area contributed by atoms with E-state index in [1.807, 2.05) is 61.5 Å². The zero-order valence-corrected chi connectivity index (χ0v) is 25.5. The van der Waals surface area contributed by atoms with E-state index in [9.17, 15) is 19.5 Å². The first-order valence-electron chi connectivity index (χ1n) is 15.4. The normalized spacial score (nSPS) is 21.1. The highest BCUT2D eigenvalue weighted by Crippen LogP contribution is 2.43. The number of likely N-dealkylation sites (tertiary alicyclic amines) is 1. The summed E-state index contributed by atoms with van der Waals surface area (Å²) in [5.74, 6) is -0.722. The number of ether oxygens (including phenoxy) is 2. The number of carbonyl (C=O) groups excluding carboxylic acids is 2. The predicted molar refractivity (Wildman–Crippen MR) is 162 cm³/mol. The summed E-state index contributed by atoms with van der Waals surface area (Å²) in [7, 11) is 4.05. The minimum atomic E-state index is -0.896. The summed E-state index contributed by atoms with van der Waals surface area (Å²) >= 11 is 0. The second kappa shape index (κ2) is 13.8. The predicted octanol–water partition coefficient (Wildman–Crippen LogP) is 3.51. The number of carboxylic acids is 1. The van der Waals surface area contributed by atoms with Crippen LogP contribution in [-0.2, 0) is 16.1 Å². The average molecular weight is 593 g/mol. The zero-order valence-electron chi connectivity index (χ0n) is 25.5. The molecule has 0 aromatic heterocycles. The summed E-state index contributed by atoms with van der Waals surface area (Å²) in [5.41, 5.74) is 2.55. The Balaban J connectivity index is 1.37. The van der Waals surface area contributed by atoms with E-state index in [0.29, 0.717) is 56.2 Å². The molecule has 1 N–H and O–H groups in total. The van der Waals surface area contributed by atoms with Gasteiger partial charge in [-0.25, -0.2) is 0 Å². The molecule has 43 heavy (non-hydrogen) atoms. The molecule has 5 rings (SSSR count). The molecule has 1 saturated heterocycles. The van der Waals surface area contributed by atoms with E-state index < -0.39 is 17.9 Å². The number of unbranched alkanes of at least 4 members (excludes halogenated alkanes) is 1. The van der Waals surface area contributed by atoms with Crippen LogP contribution in [0.15, 0.2) is 42.5 Å². The van der Waals surface area contributed by atoms with Crippen LogP contribution in [-0.4, -0.2) is 109 Å². The van der Waals surface area contributed by atoms with Crippen molar-refractivity contribution in [2.24, 2.45) is 5.92 Å². The smallest absolute Gasteiger partial charge is 0.308 e. The van der Waals surface area contributed by atoms with Crippen LogP contribution in [0.2, 0.25) is 0 Å². The summed E-state index contributed by atoms with van der Waals surface area (Å²) in [6.45, 7) is 6.02. The first-order chi connectivity index (χ1) is 20.8. The highest BCUT2D eigenvalue weighted by molar-refractivity contribution is 5.98. The SMILES string of the molecule is CCCCN(CCCN(C)C)C(=O)CN1CC(c2ccc3c(c2)OCO3)C(C(=O)O)C1CCN1Cc2ccccc2C1=O. The Labute approximate surface area is 254 Å². The summed E-state index contributed by atoms with van der Waals surface area (Å²) in [5, 5.41) is 10.6. The minimum absolute atomic E-state index is 0.0253. The lowest BCUT2D eigenvalue weighted by molar-refractivity contribution is -0.144. The van der Waals surface area contributed by atoms with Crippen LogP contribution in [0, 0.1) is 5.92 Å². The van der Waals surface area contributed by atoms with Gasteiger partial charge in [-0.2, -0.15) is 0 Å². The molecule has 2 aromatic carbocycles. The standard InChI is InChI=1S/C33H44N4O6/c1-4-5-15-35(16-8-14-34(2)3)30(38)21-37-20-26(23-11-12-28-29(18-23)43-22-42-28)31(33(40)41)27(37)13-17-36-19-24-9-6-7-10-25(24)32(36)39/h6-7,9-12,18,26-27,31H,4-5,8,13-17,19-22H2,1-3H3,(H,40,41). The summed E-state index contributed by atoms with van der Waals surface area (Å²) in [6, 6.07) is 12.8. The number of hydrogen-bond acceptors (Lipinski definition) is 7. The van der Waals surface area contributed by atoms with E-state index in [1.165, 1.54) is 0 Å². The molecule has 3 aliphatic rings. The lowest BCUT2D eigenvalue weighted by Crippen LogP contribution is -2.46. The molecule has 2 amide bonds. The molecule has 1 fully saturated rings.